The van der Waals surface area contributed by atoms with E-state index in [1.807, 2.05) is 131 Å². The molecular weight excluding hydrogens is 632 g/mol. The Hall–Kier alpha value is -5.20. The molecule has 250 valence electrons. The molecule has 0 aliphatic heterocycles. The lowest BCUT2D eigenvalue weighted by molar-refractivity contribution is -0.137. The van der Waals surface area contributed by atoms with E-state index in [4.69, 9.17) is 11.6 Å². The number of nitrogens with zero attached hydrogens (tertiary/aromatic N) is 2. The van der Waals surface area contributed by atoms with E-state index in [0.717, 1.165) is 22.3 Å². The molecule has 2 amide bonds. The van der Waals surface area contributed by atoms with E-state index >= 15 is 0 Å². The van der Waals surface area contributed by atoms with E-state index in [1.54, 1.807) is 24.3 Å². The highest BCUT2D eigenvalue weighted by atomic mass is 35.5. The van der Waals surface area contributed by atoms with Crippen LogP contribution in [0.1, 0.15) is 76.8 Å². The first-order chi connectivity index (χ1) is 23.9. The van der Waals surface area contributed by atoms with Crippen LogP contribution in [0, 0.1) is 0 Å². The van der Waals surface area contributed by atoms with Gasteiger partial charge in [0, 0.05) is 36.5 Å². The molecule has 5 aromatic carbocycles. The summed E-state index contributed by atoms with van der Waals surface area (Å²) in [6.07, 6.45) is 1.70. The van der Waals surface area contributed by atoms with Crippen LogP contribution in [0.15, 0.2) is 146 Å². The zero-order valence-corrected chi connectivity index (χ0v) is 28.2. The molecule has 49 heavy (non-hydrogen) atoms. The molecule has 0 saturated carbocycles. The molecule has 5 rings (SSSR count). The molecule has 0 radical (unpaired) electrons. The van der Waals surface area contributed by atoms with Gasteiger partial charge in [0.2, 0.25) is 5.91 Å². The minimum atomic E-state index is -0.850. The van der Waals surface area contributed by atoms with Crippen LogP contribution in [0.3, 0.4) is 0 Å². The summed E-state index contributed by atoms with van der Waals surface area (Å²) >= 11 is 6.18. The SMILES string of the molecule is O=C(O)CCCCN(C(=O)CCCN(C(=O)c1ccc(Cl)cc1)C(c1ccccc1)c1ccccc1)C(c1ccccc1)c1ccccc1. The number of carbonyl (C=O) groups is 3. The number of rotatable bonds is 16. The molecule has 0 aromatic heterocycles. The Labute approximate surface area is 293 Å². The number of hydrogen-bond donors (Lipinski definition) is 1. The van der Waals surface area contributed by atoms with Crippen molar-refractivity contribution in [3.8, 4) is 0 Å². The summed E-state index contributed by atoms with van der Waals surface area (Å²) in [4.78, 5) is 43.6. The molecule has 7 heteroatoms. The monoisotopic (exact) mass is 672 g/mol. The van der Waals surface area contributed by atoms with Gasteiger partial charge in [-0.25, -0.2) is 0 Å². The van der Waals surface area contributed by atoms with E-state index in [2.05, 4.69) is 0 Å². The van der Waals surface area contributed by atoms with Crippen LogP contribution in [0.4, 0.5) is 0 Å². The van der Waals surface area contributed by atoms with Crippen molar-refractivity contribution in [2.45, 2.75) is 44.2 Å². The molecule has 0 bridgehead atoms. The number of unbranched alkanes of at least 4 members (excludes halogenated alkanes) is 1. The fourth-order valence-electron chi connectivity index (χ4n) is 6.25. The van der Waals surface area contributed by atoms with Gasteiger partial charge in [-0.15, -0.1) is 0 Å². The maximum Gasteiger partial charge on any atom is 0.303 e. The van der Waals surface area contributed by atoms with Crippen molar-refractivity contribution in [2.75, 3.05) is 13.1 Å². The van der Waals surface area contributed by atoms with Gasteiger partial charge in [-0.3, -0.25) is 14.4 Å². The zero-order valence-electron chi connectivity index (χ0n) is 27.4. The van der Waals surface area contributed by atoms with Crippen LogP contribution < -0.4 is 0 Å². The average molecular weight is 673 g/mol. The van der Waals surface area contributed by atoms with Crippen molar-refractivity contribution in [1.82, 2.24) is 9.80 Å². The zero-order chi connectivity index (χ0) is 34.4. The highest BCUT2D eigenvalue weighted by Crippen LogP contribution is 2.32. The molecule has 6 nitrogen and oxygen atoms in total. The molecule has 5 aromatic rings. The Morgan fingerprint density at radius 3 is 1.35 bits per heavy atom. The van der Waals surface area contributed by atoms with Gasteiger partial charge in [0.15, 0.2) is 0 Å². The van der Waals surface area contributed by atoms with Gasteiger partial charge in [0.25, 0.3) is 5.91 Å². The molecule has 0 fully saturated rings. The van der Waals surface area contributed by atoms with Gasteiger partial charge < -0.3 is 14.9 Å². The number of benzene rings is 5. The summed E-state index contributed by atoms with van der Waals surface area (Å²) in [7, 11) is 0. The Morgan fingerprint density at radius 2 is 0.918 bits per heavy atom. The summed E-state index contributed by atoms with van der Waals surface area (Å²) in [6, 6.07) is 45.9. The highest BCUT2D eigenvalue weighted by molar-refractivity contribution is 6.30. The molecule has 0 unspecified atom stereocenters. The predicted molar refractivity (Wildman–Crippen MR) is 194 cm³/mol. The minimum absolute atomic E-state index is 0.0471. The highest BCUT2D eigenvalue weighted by Gasteiger charge is 2.30. The normalized spacial score (nSPS) is 11.0. The fraction of sp³-hybridized carbons (Fsp3) is 0.214. The van der Waals surface area contributed by atoms with Crippen LogP contribution in [-0.4, -0.2) is 45.8 Å². The van der Waals surface area contributed by atoms with Gasteiger partial charge in [0.05, 0.1) is 12.1 Å². The van der Waals surface area contributed by atoms with E-state index in [1.165, 1.54) is 0 Å². The first kappa shape index (κ1) is 35.1. The van der Waals surface area contributed by atoms with E-state index in [0.29, 0.717) is 42.9 Å². The maximum absolute atomic E-state index is 14.3. The van der Waals surface area contributed by atoms with Crippen LogP contribution in [0.25, 0.3) is 0 Å². The van der Waals surface area contributed by atoms with Crippen LogP contribution in [0.2, 0.25) is 5.02 Å². The summed E-state index contributed by atoms with van der Waals surface area (Å²) in [5.41, 5.74) is 4.41. The Kier molecular flexibility index (Phi) is 12.8. The summed E-state index contributed by atoms with van der Waals surface area (Å²) in [5, 5.41) is 9.80. The topological polar surface area (TPSA) is 77.9 Å². The average Bonchev–Trinajstić information content (AvgIpc) is 3.14. The first-order valence-electron chi connectivity index (χ1n) is 16.7. The third kappa shape index (κ3) is 9.68. The molecule has 0 aliphatic rings. The second-order valence-electron chi connectivity index (χ2n) is 12.0. The van der Waals surface area contributed by atoms with Crippen LogP contribution in [-0.2, 0) is 9.59 Å². The first-order valence-corrected chi connectivity index (χ1v) is 17.1. The van der Waals surface area contributed by atoms with E-state index in [9.17, 15) is 19.5 Å². The minimum Gasteiger partial charge on any atom is -0.481 e. The van der Waals surface area contributed by atoms with E-state index < -0.39 is 5.97 Å². The number of hydrogen-bond acceptors (Lipinski definition) is 3. The molecular formula is C42H41ClN2O4. The lowest BCUT2D eigenvalue weighted by atomic mass is 9.95. The maximum atomic E-state index is 14.3. The van der Waals surface area contributed by atoms with Crippen molar-refractivity contribution in [2.24, 2.45) is 0 Å². The second kappa shape index (κ2) is 17.8. The molecule has 0 atom stereocenters. The molecule has 0 saturated heterocycles. The fourth-order valence-corrected chi connectivity index (χ4v) is 6.38. The predicted octanol–water partition coefficient (Wildman–Crippen LogP) is 9.23. The largest absolute Gasteiger partial charge is 0.481 e. The van der Waals surface area contributed by atoms with Crippen LogP contribution >= 0.6 is 11.6 Å². The van der Waals surface area contributed by atoms with Gasteiger partial charge in [-0.1, -0.05) is 133 Å². The lowest BCUT2D eigenvalue weighted by Crippen LogP contribution is -2.39. The van der Waals surface area contributed by atoms with Gasteiger partial charge in [0.1, 0.15) is 0 Å². The number of carboxylic acid groups (broad SMARTS) is 1. The van der Waals surface area contributed by atoms with E-state index in [-0.39, 0.29) is 36.7 Å². The van der Waals surface area contributed by atoms with Gasteiger partial charge >= 0.3 is 5.97 Å². The summed E-state index contributed by atoms with van der Waals surface area (Å²) in [5.74, 6) is -1.06. The Bertz CT molecular complexity index is 1690. The third-order valence-corrected chi connectivity index (χ3v) is 8.84. The third-order valence-electron chi connectivity index (χ3n) is 8.59. The number of carboxylic acids is 1. The van der Waals surface area contributed by atoms with Crippen molar-refractivity contribution >= 4 is 29.4 Å². The lowest BCUT2D eigenvalue weighted by Gasteiger charge is -2.35. The van der Waals surface area contributed by atoms with Crippen molar-refractivity contribution < 1.29 is 19.5 Å². The number of halogens is 1. The van der Waals surface area contributed by atoms with Gasteiger partial charge in [-0.2, -0.15) is 0 Å². The van der Waals surface area contributed by atoms with Crippen molar-refractivity contribution in [3.05, 3.63) is 178 Å². The molecule has 0 aliphatic carbocycles. The molecule has 0 heterocycles. The number of aliphatic carboxylic acids is 1. The van der Waals surface area contributed by atoms with Crippen molar-refractivity contribution in [3.63, 3.8) is 0 Å². The van der Waals surface area contributed by atoms with Crippen LogP contribution in [0.5, 0.6) is 0 Å². The Balaban J connectivity index is 1.45. The smallest absolute Gasteiger partial charge is 0.303 e. The summed E-state index contributed by atoms with van der Waals surface area (Å²) in [6.45, 7) is 0.737. The summed E-state index contributed by atoms with van der Waals surface area (Å²) < 4.78 is 0. The molecule has 0 spiro atoms. The Morgan fingerprint density at radius 1 is 0.510 bits per heavy atom. The quantitative estimate of drug-likeness (QED) is 0.106. The molecule has 1 N–H and O–H groups in total. The number of carbonyl (C=O) groups excluding carboxylic acids is 2. The second-order valence-corrected chi connectivity index (χ2v) is 12.4. The standard InChI is InChI=1S/C42H41ClN2O4/c43-37-28-26-36(27-29-37)42(49)45(41(34-20-9-3-10-21-34)35-22-11-4-12-23-35)31-15-24-38(46)44(30-14-13-25-39(47)48)40(32-16-5-1-6-17-32)33-18-7-2-8-19-33/h1-12,16-23,26-29,40-41H,13-15,24-25,30-31H2,(H,47,48). The number of amides is 2. The van der Waals surface area contributed by atoms with Gasteiger partial charge in [-0.05, 0) is 65.8 Å². The van der Waals surface area contributed by atoms with Crippen molar-refractivity contribution in [1.29, 1.82) is 0 Å².